The molecule has 0 saturated carbocycles. The fourth-order valence-electron chi connectivity index (χ4n) is 2.76. The highest BCUT2D eigenvalue weighted by atomic mass is 32.1. The molecule has 0 aliphatic carbocycles. The summed E-state index contributed by atoms with van der Waals surface area (Å²) in [6, 6.07) is 0. The van der Waals surface area contributed by atoms with Crippen LogP contribution >= 0.6 is 11.3 Å². The van der Waals surface area contributed by atoms with Crippen LogP contribution in [0.25, 0.3) is 0 Å². The number of nitrogens with zero attached hydrogens (tertiary/aromatic N) is 3. The van der Waals surface area contributed by atoms with Gasteiger partial charge >= 0.3 is 0 Å². The van der Waals surface area contributed by atoms with E-state index in [-0.39, 0.29) is 18.6 Å². The van der Waals surface area contributed by atoms with Gasteiger partial charge in [-0.2, -0.15) is 0 Å². The number of piperazine rings is 1. The third kappa shape index (κ3) is 3.93. The van der Waals surface area contributed by atoms with Gasteiger partial charge in [0.2, 0.25) is 5.91 Å². The molecule has 0 aromatic carbocycles. The van der Waals surface area contributed by atoms with Gasteiger partial charge in [0, 0.05) is 37.8 Å². The second kappa shape index (κ2) is 7.20. The van der Waals surface area contributed by atoms with Crippen LogP contribution in [0.5, 0.6) is 0 Å². The van der Waals surface area contributed by atoms with E-state index in [4.69, 9.17) is 4.74 Å². The number of amides is 1. The van der Waals surface area contributed by atoms with Crippen molar-refractivity contribution in [3.8, 4) is 0 Å². The van der Waals surface area contributed by atoms with Gasteiger partial charge in [-0.05, 0) is 25.9 Å². The number of anilines is 1. The lowest BCUT2D eigenvalue weighted by molar-refractivity contribution is -0.139. The molecule has 2 aliphatic rings. The van der Waals surface area contributed by atoms with Crippen LogP contribution in [-0.4, -0.2) is 67.8 Å². The Labute approximate surface area is 129 Å². The number of ether oxygens (including phenoxy) is 1. The van der Waals surface area contributed by atoms with Crippen LogP contribution < -0.4 is 10.2 Å². The number of thiazole rings is 1. The first-order valence-electron chi connectivity index (χ1n) is 7.57. The number of hydrogen-bond donors (Lipinski definition) is 1. The van der Waals surface area contributed by atoms with E-state index in [9.17, 15) is 4.79 Å². The summed E-state index contributed by atoms with van der Waals surface area (Å²) >= 11 is 1.65. The molecule has 1 aromatic heterocycles. The molecular formula is C14H22N4O2S. The van der Waals surface area contributed by atoms with Gasteiger partial charge < -0.3 is 19.9 Å². The molecule has 2 fully saturated rings. The average molecular weight is 310 g/mol. The lowest BCUT2D eigenvalue weighted by Crippen LogP contribution is -2.50. The fraction of sp³-hybridized carbons (Fsp3) is 0.714. The summed E-state index contributed by atoms with van der Waals surface area (Å²) in [4.78, 5) is 20.7. The molecule has 0 bridgehead atoms. The second-order valence-electron chi connectivity index (χ2n) is 5.44. The SMILES string of the molecule is O=C(COC1CCNCC1)N1CCN(c2nccs2)CC1. The van der Waals surface area contributed by atoms with Crippen molar-refractivity contribution >= 4 is 22.4 Å². The number of piperidine rings is 1. The Kier molecular flexibility index (Phi) is 5.05. The molecule has 2 aliphatic heterocycles. The highest BCUT2D eigenvalue weighted by molar-refractivity contribution is 7.13. The lowest BCUT2D eigenvalue weighted by Gasteiger charge is -2.35. The van der Waals surface area contributed by atoms with E-state index in [0.29, 0.717) is 0 Å². The number of nitrogens with one attached hydrogen (secondary N) is 1. The van der Waals surface area contributed by atoms with Gasteiger partial charge in [-0.1, -0.05) is 0 Å². The summed E-state index contributed by atoms with van der Waals surface area (Å²) in [6.07, 6.45) is 4.08. The Morgan fingerprint density at radius 2 is 2.10 bits per heavy atom. The van der Waals surface area contributed by atoms with Gasteiger partial charge in [-0.25, -0.2) is 4.98 Å². The highest BCUT2D eigenvalue weighted by Gasteiger charge is 2.23. The van der Waals surface area contributed by atoms with Crippen molar-refractivity contribution in [1.82, 2.24) is 15.2 Å². The third-order valence-electron chi connectivity index (χ3n) is 4.05. The molecular weight excluding hydrogens is 288 g/mol. The van der Waals surface area contributed by atoms with Crippen molar-refractivity contribution in [1.29, 1.82) is 0 Å². The molecule has 7 heteroatoms. The third-order valence-corrected chi connectivity index (χ3v) is 4.88. The van der Waals surface area contributed by atoms with Crippen molar-refractivity contribution in [3.63, 3.8) is 0 Å². The molecule has 0 spiro atoms. The zero-order chi connectivity index (χ0) is 14.5. The van der Waals surface area contributed by atoms with E-state index in [0.717, 1.165) is 57.2 Å². The van der Waals surface area contributed by atoms with Gasteiger partial charge in [0.1, 0.15) is 6.61 Å². The van der Waals surface area contributed by atoms with Crippen LogP contribution in [0.15, 0.2) is 11.6 Å². The van der Waals surface area contributed by atoms with Crippen molar-refractivity contribution in [3.05, 3.63) is 11.6 Å². The first kappa shape index (κ1) is 14.7. The Hall–Kier alpha value is -1.18. The number of carbonyl (C=O) groups excluding carboxylic acids is 1. The summed E-state index contributed by atoms with van der Waals surface area (Å²) in [5.41, 5.74) is 0. The summed E-state index contributed by atoms with van der Waals surface area (Å²) < 4.78 is 5.74. The number of rotatable bonds is 4. The largest absolute Gasteiger partial charge is 0.368 e. The molecule has 3 heterocycles. The van der Waals surface area contributed by atoms with Gasteiger partial charge in [0.05, 0.1) is 6.10 Å². The quantitative estimate of drug-likeness (QED) is 0.881. The lowest BCUT2D eigenvalue weighted by atomic mass is 10.1. The smallest absolute Gasteiger partial charge is 0.248 e. The van der Waals surface area contributed by atoms with E-state index in [1.54, 1.807) is 11.3 Å². The van der Waals surface area contributed by atoms with Crippen LogP contribution in [0.4, 0.5) is 5.13 Å². The van der Waals surface area contributed by atoms with Crippen molar-refractivity contribution < 1.29 is 9.53 Å². The predicted molar refractivity (Wildman–Crippen MR) is 82.8 cm³/mol. The van der Waals surface area contributed by atoms with Crippen molar-refractivity contribution in [2.24, 2.45) is 0 Å². The molecule has 3 rings (SSSR count). The number of carbonyl (C=O) groups is 1. The Bertz CT molecular complexity index is 440. The van der Waals surface area contributed by atoms with Crippen LogP contribution in [0.1, 0.15) is 12.8 Å². The maximum atomic E-state index is 12.2. The molecule has 1 amide bonds. The van der Waals surface area contributed by atoms with Crippen LogP contribution in [0.2, 0.25) is 0 Å². The van der Waals surface area contributed by atoms with Crippen molar-refractivity contribution in [2.75, 3.05) is 50.8 Å². The van der Waals surface area contributed by atoms with Gasteiger partial charge in [0.15, 0.2) is 5.13 Å². The fourth-order valence-corrected chi connectivity index (χ4v) is 3.46. The van der Waals surface area contributed by atoms with E-state index in [2.05, 4.69) is 15.2 Å². The molecule has 0 radical (unpaired) electrons. The molecule has 6 nitrogen and oxygen atoms in total. The molecule has 116 valence electrons. The summed E-state index contributed by atoms with van der Waals surface area (Å²) in [6.45, 7) is 5.43. The Balaban J connectivity index is 1.40. The first-order chi connectivity index (χ1) is 10.3. The van der Waals surface area contributed by atoms with Gasteiger partial charge in [0.25, 0.3) is 0 Å². The minimum atomic E-state index is 0.118. The van der Waals surface area contributed by atoms with E-state index < -0.39 is 0 Å². The molecule has 1 N–H and O–H groups in total. The topological polar surface area (TPSA) is 57.7 Å². The minimum absolute atomic E-state index is 0.118. The standard InChI is InChI=1S/C14H22N4O2S/c19-13(11-20-12-1-3-15-4-2-12)17-6-8-18(9-7-17)14-16-5-10-21-14/h5,10,12,15H,1-4,6-9,11H2. The molecule has 2 saturated heterocycles. The van der Waals surface area contributed by atoms with E-state index in [1.807, 2.05) is 16.5 Å². The average Bonchev–Trinajstić information content (AvgIpc) is 3.08. The summed E-state index contributed by atoms with van der Waals surface area (Å²) in [5, 5.41) is 6.33. The normalized spacial score (nSPS) is 20.8. The molecule has 0 atom stereocenters. The molecule has 21 heavy (non-hydrogen) atoms. The summed E-state index contributed by atoms with van der Waals surface area (Å²) in [7, 11) is 0. The van der Waals surface area contributed by atoms with Crippen LogP contribution in [0, 0.1) is 0 Å². The monoisotopic (exact) mass is 310 g/mol. The zero-order valence-electron chi connectivity index (χ0n) is 12.2. The van der Waals surface area contributed by atoms with Gasteiger partial charge in [-0.3, -0.25) is 4.79 Å². The number of hydrogen-bond acceptors (Lipinski definition) is 6. The maximum Gasteiger partial charge on any atom is 0.248 e. The van der Waals surface area contributed by atoms with Crippen LogP contribution in [-0.2, 0) is 9.53 Å². The van der Waals surface area contributed by atoms with Crippen LogP contribution in [0.3, 0.4) is 0 Å². The maximum absolute atomic E-state index is 12.2. The molecule has 1 aromatic rings. The van der Waals surface area contributed by atoms with E-state index >= 15 is 0 Å². The zero-order valence-corrected chi connectivity index (χ0v) is 13.0. The Morgan fingerprint density at radius 1 is 1.33 bits per heavy atom. The minimum Gasteiger partial charge on any atom is -0.368 e. The summed E-state index contributed by atoms with van der Waals surface area (Å²) in [5.74, 6) is 0.118. The number of aromatic nitrogens is 1. The van der Waals surface area contributed by atoms with E-state index in [1.165, 1.54) is 0 Å². The van der Waals surface area contributed by atoms with Crippen molar-refractivity contribution in [2.45, 2.75) is 18.9 Å². The predicted octanol–water partition coefficient (Wildman–Crippen LogP) is 0.560. The molecule has 0 unspecified atom stereocenters. The Morgan fingerprint density at radius 3 is 2.76 bits per heavy atom. The highest BCUT2D eigenvalue weighted by Crippen LogP contribution is 2.19. The second-order valence-corrected chi connectivity index (χ2v) is 6.32. The first-order valence-corrected chi connectivity index (χ1v) is 8.45. The van der Waals surface area contributed by atoms with Gasteiger partial charge in [-0.15, -0.1) is 11.3 Å².